The summed E-state index contributed by atoms with van der Waals surface area (Å²) in [6, 6.07) is 16.4. The molecule has 0 bridgehead atoms. The molecule has 2 aromatic carbocycles. The summed E-state index contributed by atoms with van der Waals surface area (Å²) in [5.41, 5.74) is 8.23. The fraction of sp³-hybridized carbons (Fsp3) is 0.143. The summed E-state index contributed by atoms with van der Waals surface area (Å²) in [5.74, 6) is -0.211. The molecule has 2 heteroatoms. The van der Waals surface area contributed by atoms with E-state index in [4.69, 9.17) is 5.73 Å². The smallest absolute Gasteiger partial charge is 0.123 e. The van der Waals surface area contributed by atoms with Crippen LogP contribution in [0.15, 0.2) is 54.6 Å². The third-order valence-electron chi connectivity index (χ3n) is 2.60. The van der Waals surface area contributed by atoms with Gasteiger partial charge in [-0.15, -0.1) is 0 Å². The lowest BCUT2D eigenvalue weighted by Gasteiger charge is -2.11. The number of nitrogens with two attached hydrogens (primary N) is 1. The molecule has 0 aliphatic heterocycles. The van der Waals surface area contributed by atoms with Crippen molar-refractivity contribution in [1.29, 1.82) is 0 Å². The molecule has 0 radical (unpaired) electrons. The Morgan fingerprint density at radius 2 is 1.56 bits per heavy atom. The molecular formula is C14H14FN. The maximum absolute atomic E-state index is 12.7. The third-order valence-corrected chi connectivity index (χ3v) is 2.60. The van der Waals surface area contributed by atoms with Crippen LogP contribution < -0.4 is 5.73 Å². The predicted molar refractivity (Wildman–Crippen MR) is 63.5 cm³/mol. The van der Waals surface area contributed by atoms with Crippen LogP contribution in [-0.2, 0) is 6.42 Å². The molecule has 0 aliphatic carbocycles. The molecule has 2 N–H and O–H groups in total. The second kappa shape index (κ2) is 4.90. The standard InChI is InChI=1S/C14H14FN/c15-13-8-6-11(7-9-13)10-14(16)12-4-2-1-3-5-12/h1-9,14H,10,16H2/t14-/m0/s1. The van der Waals surface area contributed by atoms with Crippen molar-refractivity contribution >= 4 is 0 Å². The predicted octanol–water partition coefficient (Wildman–Crippen LogP) is 3.07. The van der Waals surface area contributed by atoms with Crippen LogP contribution in [0.4, 0.5) is 4.39 Å². The molecule has 2 aromatic rings. The zero-order valence-electron chi connectivity index (χ0n) is 8.94. The number of halogens is 1. The first-order chi connectivity index (χ1) is 7.75. The zero-order chi connectivity index (χ0) is 11.4. The summed E-state index contributed by atoms with van der Waals surface area (Å²) >= 11 is 0. The maximum Gasteiger partial charge on any atom is 0.123 e. The Morgan fingerprint density at radius 3 is 2.19 bits per heavy atom. The summed E-state index contributed by atoms with van der Waals surface area (Å²) in [4.78, 5) is 0. The van der Waals surface area contributed by atoms with Crippen molar-refractivity contribution in [3.8, 4) is 0 Å². The van der Waals surface area contributed by atoms with Gasteiger partial charge in [-0.1, -0.05) is 42.5 Å². The first kappa shape index (κ1) is 10.8. The molecule has 0 fully saturated rings. The minimum atomic E-state index is -0.211. The van der Waals surface area contributed by atoms with Gasteiger partial charge in [0.2, 0.25) is 0 Å². The van der Waals surface area contributed by atoms with E-state index >= 15 is 0 Å². The topological polar surface area (TPSA) is 26.0 Å². The molecule has 0 amide bonds. The molecular weight excluding hydrogens is 201 g/mol. The van der Waals surface area contributed by atoms with Crippen LogP contribution >= 0.6 is 0 Å². The van der Waals surface area contributed by atoms with E-state index in [9.17, 15) is 4.39 Å². The SMILES string of the molecule is N[C@@H](Cc1ccc(F)cc1)c1ccccc1. The summed E-state index contributed by atoms with van der Waals surface area (Å²) in [5, 5.41) is 0. The van der Waals surface area contributed by atoms with Crippen LogP contribution in [0.1, 0.15) is 17.2 Å². The van der Waals surface area contributed by atoms with Gasteiger partial charge in [0.25, 0.3) is 0 Å². The van der Waals surface area contributed by atoms with Gasteiger partial charge >= 0.3 is 0 Å². The van der Waals surface area contributed by atoms with Crippen LogP contribution in [0.25, 0.3) is 0 Å². The van der Waals surface area contributed by atoms with E-state index in [1.165, 1.54) is 12.1 Å². The van der Waals surface area contributed by atoms with Crippen LogP contribution in [0.5, 0.6) is 0 Å². The van der Waals surface area contributed by atoms with E-state index in [-0.39, 0.29) is 11.9 Å². The van der Waals surface area contributed by atoms with Crippen molar-refractivity contribution in [1.82, 2.24) is 0 Å². The first-order valence-corrected chi connectivity index (χ1v) is 5.30. The summed E-state index contributed by atoms with van der Waals surface area (Å²) in [6.07, 6.45) is 0.726. The Bertz CT molecular complexity index is 436. The van der Waals surface area contributed by atoms with E-state index in [1.54, 1.807) is 12.1 Å². The molecule has 0 saturated carbocycles. The highest BCUT2D eigenvalue weighted by atomic mass is 19.1. The number of hydrogen-bond acceptors (Lipinski definition) is 1. The molecule has 2 rings (SSSR count). The molecule has 0 aliphatic rings. The molecule has 1 nitrogen and oxygen atoms in total. The molecule has 0 spiro atoms. The third kappa shape index (κ3) is 2.67. The number of rotatable bonds is 3. The molecule has 16 heavy (non-hydrogen) atoms. The lowest BCUT2D eigenvalue weighted by Crippen LogP contribution is -2.13. The molecule has 0 saturated heterocycles. The van der Waals surface area contributed by atoms with E-state index < -0.39 is 0 Å². The van der Waals surface area contributed by atoms with Crippen molar-refractivity contribution in [2.45, 2.75) is 12.5 Å². The highest BCUT2D eigenvalue weighted by Crippen LogP contribution is 2.15. The fourth-order valence-corrected chi connectivity index (χ4v) is 1.69. The average molecular weight is 215 g/mol. The van der Waals surface area contributed by atoms with Gasteiger partial charge < -0.3 is 5.73 Å². The highest BCUT2D eigenvalue weighted by Gasteiger charge is 2.06. The van der Waals surface area contributed by atoms with Crippen molar-refractivity contribution in [2.24, 2.45) is 5.73 Å². The second-order valence-electron chi connectivity index (χ2n) is 3.85. The molecule has 0 aromatic heterocycles. The maximum atomic E-state index is 12.7. The van der Waals surface area contributed by atoms with Gasteiger partial charge in [-0.3, -0.25) is 0 Å². The summed E-state index contributed by atoms with van der Waals surface area (Å²) in [7, 11) is 0. The second-order valence-corrected chi connectivity index (χ2v) is 3.85. The highest BCUT2D eigenvalue weighted by molar-refractivity contribution is 5.23. The van der Waals surface area contributed by atoms with Gasteiger partial charge in [-0.25, -0.2) is 4.39 Å². The van der Waals surface area contributed by atoms with Crippen molar-refractivity contribution in [3.63, 3.8) is 0 Å². The van der Waals surface area contributed by atoms with E-state index in [0.29, 0.717) is 0 Å². The van der Waals surface area contributed by atoms with Crippen molar-refractivity contribution < 1.29 is 4.39 Å². The van der Waals surface area contributed by atoms with Gasteiger partial charge in [-0.05, 0) is 29.7 Å². The van der Waals surface area contributed by atoms with Crippen LogP contribution in [0.2, 0.25) is 0 Å². The Hall–Kier alpha value is -1.67. The van der Waals surface area contributed by atoms with Crippen molar-refractivity contribution in [3.05, 3.63) is 71.5 Å². The molecule has 0 unspecified atom stereocenters. The molecule has 1 atom stereocenters. The minimum Gasteiger partial charge on any atom is -0.324 e. The van der Waals surface area contributed by atoms with Gasteiger partial charge in [0, 0.05) is 6.04 Å². The van der Waals surface area contributed by atoms with E-state index in [0.717, 1.165) is 17.5 Å². The largest absolute Gasteiger partial charge is 0.324 e. The average Bonchev–Trinajstić information content (AvgIpc) is 2.33. The Labute approximate surface area is 94.7 Å². The van der Waals surface area contributed by atoms with E-state index in [2.05, 4.69) is 0 Å². The number of benzene rings is 2. The molecule has 82 valence electrons. The Balaban J connectivity index is 2.08. The van der Waals surface area contributed by atoms with Gasteiger partial charge in [0.15, 0.2) is 0 Å². The van der Waals surface area contributed by atoms with Crippen LogP contribution in [0, 0.1) is 5.82 Å². The quantitative estimate of drug-likeness (QED) is 0.836. The Kier molecular flexibility index (Phi) is 3.32. The minimum absolute atomic E-state index is 0.0355. The van der Waals surface area contributed by atoms with Crippen molar-refractivity contribution in [2.75, 3.05) is 0 Å². The lowest BCUT2D eigenvalue weighted by atomic mass is 10.00. The number of hydrogen-bond donors (Lipinski definition) is 1. The van der Waals surface area contributed by atoms with Crippen LogP contribution in [0.3, 0.4) is 0 Å². The van der Waals surface area contributed by atoms with Gasteiger partial charge in [0.1, 0.15) is 5.82 Å². The summed E-state index contributed by atoms with van der Waals surface area (Å²) < 4.78 is 12.7. The monoisotopic (exact) mass is 215 g/mol. The van der Waals surface area contributed by atoms with E-state index in [1.807, 2.05) is 30.3 Å². The molecule has 0 heterocycles. The first-order valence-electron chi connectivity index (χ1n) is 5.30. The van der Waals surface area contributed by atoms with Gasteiger partial charge in [0.05, 0.1) is 0 Å². The zero-order valence-corrected chi connectivity index (χ0v) is 8.94. The lowest BCUT2D eigenvalue weighted by molar-refractivity contribution is 0.625. The summed E-state index contributed by atoms with van der Waals surface area (Å²) in [6.45, 7) is 0. The normalized spacial score (nSPS) is 12.4. The fourth-order valence-electron chi connectivity index (χ4n) is 1.69. The Morgan fingerprint density at radius 1 is 0.938 bits per heavy atom. The van der Waals surface area contributed by atoms with Gasteiger partial charge in [-0.2, -0.15) is 0 Å². The van der Waals surface area contributed by atoms with Crippen LogP contribution in [-0.4, -0.2) is 0 Å².